The number of carbonyl (C=O) groups is 1. The van der Waals surface area contributed by atoms with Gasteiger partial charge in [0.2, 0.25) is 0 Å². The van der Waals surface area contributed by atoms with Crippen molar-refractivity contribution >= 4 is 11.6 Å². The van der Waals surface area contributed by atoms with E-state index in [4.69, 9.17) is 15.2 Å². The molecule has 5 nitrogen and oxygen atoms in total. The lowest BCUT2D eigenvalue weighted by Gasteiger charge is -2.18. The molecule has 0 fully saturated rings. The Morgan fingerprint density at radius 2 is 2.38 bits per heavy atom. The van der Waals surface area contributed by atoms with Gasteiger partial charge in [-0.25, -0.2) is 0 Å². The lowest BCUT2D eigenvalue weighted by molar-refractivity contribution is -0.118. The van der Waals surface area contributed by atoms with Crippen molar-refractivity contribution in [3.63, 3.8) is 0 Å². The second-order valence-corrected chi connectivity index (χ2v) is 3.49. The van der Waals surface area contributed by atoms with Crippen LogP contribution in [-0.2, 0) is 4.79 Å². The zero-order valence-electron chi connectivity index (χ0n) is 8.86. The van der Waals surface area contributed by atoms with E-state index in [0.717, 1.165) is 6.42 Å². The predicted octanol–water partition coefficient (Wildman–Crippen LogP) is 0.745. The Bertz CT molecular complexity index is 393. The molecule has 1 heterocycles. The number of fused-ring (bicyclic) bond motifs is 1. The number of benzene rings is 1. The van der Waals surface area contributed by atoms with Crippen LogP contribution in [0.1, 0.15) is 6.42 Å². The average Bonchev–Trinajstić information content (AvgIpc) is 2.29. The van der Waals surface area contributed by atoms with E-state index >= 15 is 0 Å². The Balaban J connectivity index is 2.06. The maximum atomic E-state index is 11.1. The SMILES string of the molecule is NCCCOc1ccc2c(c1)NC(=O)CO2. The van der Waals surface area contributed by atoms with E-state index in [1.54, 1.807) is 12.1 Å². The van der Waals surface area contributed by atoms with Gasteiger partial charge in [0.1, 0.15) is 11.5 Å². The Hall–Kier alpha value is -1.75. The Labute approximate surface area is 93.5 Å². The number of amides is 1. The van der Waals surface area contributed by atoms with Gasteiger partial charge in [-0.2, -0.15) is 0 Å². The zero-order valence-corrected chi connectivity index (χ0v) is 8.86. The van der Waals surface area contributed by atoms with E-state index < -0.39 is 0 Å². The summed E-state index contributed by atoms with van der Waals surface area (Å²) in [6.45, 7) is 1.25. The summed E-state index contributed by atoms with van der Waals surface area (Å²) >= 11 is 0. The van der Waals surface area contributed by atoms with Crippen molar-refractivity contribution in [1.82, 2.24) is 0 Å². The Kier molecular flexibility index (Phi) is 3.26. The molecule has 1 aromatic rings. The van der Waals surface area contributed by atoms with Crippen molar-refractivity contribution in [3.05, 3.63) is 18.2 Å². The normalized spacial score (nSPS) is 13.7. The van der Waals surface area contributed by atoms with Crippen LogP contribution in [0, 0.1) is 0 Å². The number of nitrogens with one attached hydrogen (secondary N) is 1. The van der Waals surface area contributed by atoms with Gasteiger partial charge in [-0.1, -0.05) is 0 Å². The quantitative estimate of drug-likeness (QED) is 0.737. The molecule has 0 atom stereocenters. The van der Waals surface area contributed by atoms with Crippen LogP contribution in [0.15, 0.2) is 18.2 Å². The molecule has 1 aliphatic rings. The number of carbonyl (C=O) groups excluding carboxylic acids is 1. The van der Waals surface area contributed by atoms with Crippen molar-refractivity contribution in [2.24, 2.45) is 5.73 Å². The van der Waals surface area contributed by atoms with Crippen molar-refractivity contribution in [1.29, 1.82) is 0 Å². The summed E-state index contributed by atoms with van der Waals surface area (Å²) in [5, 5.41) is 2.72. The van der Waals surface area contributed by atoms with Gasteiger partial charge >= 0.3 is 0 Å². The standard InChI is InChI=1S/C11H14N2O3/c12-4-1-5-15-8-2-3-10-9(6-8)13-11(14)7-16-10/h2-3,6H,1,4-5,7,12H2,(H,13,14). The maximum Gasteiger partial charge on any atom is 0.262 e. The Morgan fingerprint density at radius 1 is 1.50 bits per heavy atom. The number of rotatable bonds is 4. The van der Waals surface area contributed by atoms with Gasteiger partial charge in [0.15, 0.2) is 6.61 Å². The van der Waals surface area contributed by atoms with Crippen LogP contribution >= 0.6 is 0 Å². The first-order chi connectivity index (χ1) is 7.79. The summed E-state index contributed by atoms with van der Waals surface area (Å²) in [6.07, 6.45) is 0.805. The van der Waals surface area contributed by atoms with E-state index in [0.29, 0.717) is 30.3 Å². The topological polar surface area (TPSA) is 73.6 Å². The average molecular weight is 222 g/mol. The zero-order chi connectivity index (χ0) is 11.4. The van der Waals surface area contributed by atoms with Crippen LogP contribution in [0.25, 0.3) is 0 Å². The molecular formula is C11H14N2O3. The molecule has 0 saturated carbocycles. The Morgan fingerprint density at radius 3 is 3.19 bits per heavy atom. The summed E-state index contributed by atoms with van der Waals surface area (Å²) in [7, 11) is 0. The smallest absolute Gasteiger partial charge is 0.262 e. The van der Waals surface area contributed by atoms with E-state index in [-0.39, 0.29) is 12.5 Å². The highest BCUT2D eigenvalue weighted by molar-refractivity contribution is 5.95. The third-order valence-corrected chi connectivity index (χ3v) is 2.20. The van der Waals surface area contributed by atoms with Gasteiger partial charge in [-0.3, -0.25) is 4.79 Å². The molecule has 1 amide bonds. The van der Waals surface area contributed by atoms with Crippen LogP contribution in [-0.4, -0.2) is 25.7 Å². The fourth-order valence-electron chi connectivity index (χ4n) is 1.43. The van der Waals surface area contributed by atoms with E-state index in [9.17, 15) is 4.79 Å². The monoisotopic (exact) mass is 222 g/mol. The van der Waals surface area contributed by atoms with Crippen molar-refractivity contribution in [3.8, 4) is 11.5 Å². The molecule has 0 unspecified atom stereocenters. The van der Waals surface area contributed by atoms with Gasteiger partial charge in [0, 0.05) is 6.07 Å². The number of nitrogens with two attached hydrogens (primary N) is 1. The largest absolute Gasteiger partial charge is 0.493 e. The molecule has 1 aliphatic heterocycles. The van der Waals surface area contributed by atoms with Gasteiger partial charge in [-0.15, -0.1) is 0 Å². The molecule has 2 rings (SSSR count). The molecule has 0 aliphatic carbocycles. The molecule has 0 aromatic heterocycles. The second kappa shape index (κ2) is 4.85. The van der Waals surface area contributed by atoms with Gasteiger partial charge in [0.05, 0.1) is 12.3 Å². The predicted molar refractivity (Wildman–Crippen MR) is 59.7 cm³/mol. The first-order valence-electron chi connectivity index (χ1n) is 5.19. The highest BCUT2D eigenvalue weighted by Crippen LogP contribution is 2.31. The van der Waals surface area contributed by atoms with Crippen LogP contribution < -0.4 is 20.5 Å². The lowest BCUT2D eigenvalue weighted by atomic mass is 10.2. The molecule has 16 heavy (non-hydrogen) atoms. The summed E-state index contributed by atoms with van der Waals surface area (Å²) < 4.78 is 10.7. The molecule has 0 radical (unpaired) electrons. The maximum absolute atomic E-state index is 11.1. The van der Waals surface area contributed by atoms with Crippen molar-refractivity contribution in [2.45, 2.75) is 6.42 Å². The van der Waals surface area contributed by atoms with E-state index in [1.165, 1.54) is 0 Å². The van der Waals surface area contributed by atoms with Gasteiger partial charge in [0.25, 0.3) is 5.91 Å². The minimum absolute atomic E-state index is 0.0698. The fraction of sp³-hybridized carbons (Fsp3) is 0.364. The number of hydrogen-bond donors (Lipinski definition) is 2. The lowest BCUT2D eigenvalue weighted by Crippen LogP contribution is -2.25. The number of ether oxygens (including phenoxy) is 2. The van der Waals surface area contributed by atoms with E-state index in [1.807, 2.05) is 6.07 Å². The van der Waals surface area contributed by atoms with Crippen LogP contribution in [0.2, 0.25) is 0 Å². The summed E-state index contributed by atoms with van der Waals surface area (Å²) in [5.41, 5.74) is 6.02. The molecular weight excluding hydrogens is 208 g/mol. The van der Waals surface area contributed by atoms with Gasteiger partial charge < -0.3 is 20.5 Å². The molecule has 0 spiro atoms. The molecule has 5 heteroatoms. The van der Waals surface area contributed by atoms with Crippen molar-refractivity contribution in [2.75, 3.05) is 25.1 Å². The third-order valence-electron chi connectivity index (χ3n) is 2.20. The highest BCUT2D eigenvalue weighted by atomic mass is 16.5. The van der Waals surface area contributed by atoms with Crippen LogP contribution in [0.4, 0.5) is 5.69 Å². The number of anilines is 1. The summed E-state index contributed by atoms with van der Waals surface area (Å²) in [4.78, 5) is 11.1. The fourth-order valence-corrected chi connectivity index (χ4v) is 1.43. The first kappa shape index (κ1) is 10.8. The molecule has 86 valence electrons. The minimum Gasteiger partial charge on any atom is -0.493 e. The molecule has 0 bridgehead atoms. The van der Waals surface area contributed by atoms with E-state index in [2.05, 4.69) is 5.32 Å². The molecule has 3 N–H and O–H groups in total. The van der Waals surface area contributed by atoms with Crippen molar-refractivity contribution < 1.29 is 14.3 Å². The summed E-state index contributed by atoms with van der Waals surface area (Å²) in [6, 6.07) is 5.35. The van der Waals surface area contributed by atoms with Crippen LogP contribution in [0.3, 0.4) is 0 Å². The highest BCUT2D eigenvalue weighted by Gasteiger charge is 2.15. The van der Waals surface area contributed by atoms with Gasteiger partial charge in [-0.05, 0) is 25.1 Å². The number of hydrogen-bond acceptors (Lipinski definition) is 4. The second-order valence-electron chi connectivity index (χ2n) is 3.49. The first-order valence-corrected chi connectivity index (χ1v) is 5.19. The third kappa shape index (κ3) is 2.43. The summed E-state index contributed by atoms with van der Waals surface area (Å²) in [5.74, 6) is 1.23. The van der Waals surface area contributed by atoms with Crippen LogP contribution in [0.5, 0.6) is 11.5 Å². The minimum atomic E-state index is -0.147. The molecule has 1 aromatic carbocycles. The molecule has 0 saturated heterocycles.